The number of carbonyl (C=O) groups excluding carboxylic acids is 2. The number of carbonyl (C=O) groups is 2. The van der Waals surface area contributed by atoms with Crippen LogP contribution in [0.5, 0.6) is 0 Å². The molecule has 0 saturated heterocycles. The van der Waals surface area contributed by atoms with E-state index in [1.165, 1.54) is 11.1 Å². The third-order valence-electron chi connectivity index (χ3n) is 4.24. The molecule has 1 aromatic heterocycles. The van der Waals surface area contributed by atoms with E-state index in [0.29, 0.717) is 6.54 Å². The third-order valence-corrected chi connectivity index (χ3v) is 4.24. The number of hydrogen-bond acceptors (Lipinski definition) is 4. The molecule has 2 aromatic rings. The van der Waals surface area contributed by atoms with Gasteiger partial charge in [0.15, 0.2) is 0 Å². The van der Waals surface area contributed by atoms with E-state index < -0.39 is 11.9 Å². The summed E-state index contributed by atoms with van der Waals surface area (Å²) < 4.78 is 4.90. The van der Waals surface area contributed by atoms with Crippen molar-refractivity contribution in [2.75, 3.05) is 13.2 Å². The zero-order valence-electron chi connectivity index (χ0n) is 13.9. The maximum atomic E-state index is 12.6. The van der Waals surface area contributed by atoms with Crippen LogP contribution >= 0.6 is 0 Å². The number of ether oxygens (including phenoxy) is 1. The third kappa shape index (κ3) is 3.02. The van der Waals surface area contributed by atoms with E-state index >= 15 is 0 Å². The zero-order chi connectivity index (χ0) is 17.1. The number of fused-ring (bicyclic) bond motifs is 1. The second kappa shape index (κ2) is 6.83. The molecule has 1 aromatic carbocycles. The summed E-state index contributed by atoms with van der Waals surface area (Å²) in [5.41, 5.74) is 4.32. The Morgan fingerprint density at radius 1 is 1.33 bits per heavy atom. The fourth-order valence-electron chi connectivity index (χ4n) is 3.18. The van der Waals surface area contributed by atoms with Crippen LogP contribution in [0.1, 0.15) is 35.2 Å². The maximum absolute atomic E-state index is 12.6. The lowest BCUT2D eigenvalue weighted by Gasteiger charge is -2.37. The molecule has 5 nitrogen and oxygen atoms in total. The number of amides is 1. The Morgan fingerprint density at radius 2 is 2.17 bits per heavy atom. The molecule has 0 bridgehead atoms. The van der Waals surface area contributed by atoms with Crippen molar-refractivity contribution in [2.45, 2.75) is 26.3 Å². The van der Waals surface area contributed by atoms with Gasteiger partial charge in [-0.3, -0.25) is 9.78 Å². The van der Waals surface area contributed by atoms with Crippen LogP contribution in [-0.4, -0.2) is 34.9 Å². The molecule has 0 aliphatic carbocycles. The minimum absolute atomic E-state index is 0.186. The Bertz CT molecular complexity index is 758. The molecule has 1 aliphatic heterocycles. The van der Waals surface area contributed by atoms with E-state index in [-0.39, 0.29) is 12.6 Å². The Morgan fingerprint density at radius 3 is 2.88 bits per heavy atom. The molecule has 0 spiro atoms. The molecule has 1 aliphatic rings. The normalized spacial score (nSPS) is 16.4. The van der Waals surface area contributed by atoms with Gasteiger partial charge >= 0.3 is 11.9 Å². The molecule has 1 unspecified atom stereocenters. The van der Waals surface area contributed by atoms with Crippen molar-refractivity contribution in [3.8, 4) is 0 Å². The number of aromatic nitrogens is 1. The molecule has 24 heavy (non-hydrogen) atoms. The Labute approximate surface area is 141 Å². The second-order valence-corrected chi connectivity index (χ2v) is 5.86. The van der Waals surface area contributed by atoms with Gasteiger partial charge in [0.25, 0.3) is 0 Å². The summed E-state index contributed by atoms with van der Waals surface area (Å²) in [4.78, 5) is 30.3. The Hall–Kier alpha value is -2.69. The molecule has 5 heteroatoms. The van der Waals surface area contributed by atoms with Crippen LogP contribution < -0.4 is 0 Å². The van der Waals surface area contributed by atoms with E-state index in [2.05, 4.69) is 18.0 Å². The topological polar surface area (TPSA) is 59.5 Å². The first-order valence-corrected chi connectivity index (χ1v) is 8.09. The fraction of sp³-hybridized carbons (Fsp3) is 0.316. The van der Waals surface area contributed by atoms with E-state index in [4.69, 9.17) is 4.74 Å². The lowest BCUT2D eigenvalue weighted by molar-refractivity contribution is -0.161. The Balaban J connectivity index is 2.05. The minimum atomic E-state index is -0.804. The van der Waals surface area contributed by atoms with Gasteiger partial charge in [-0.05, 0) is 43.0 Å². The van der Waals surface area contributed by atoms with Gasteiger partial charge in [0, 0.05) is 18.9 Å². The molecule has 2 heterocycles. The fourth-order valence-corrected chi connectivity index (χ4v) is 3.18. The van der Waals surface area contributed by atoms with E-state index in [0.717, 1.165) is 17.5 Å². The van der Waals surface area contributed by atoms with Crippen LogP contribution in [0.4, 0.5) is 0 Å². The van der Waals surface area contributed by atoms with Gasteiger partial charge in [0.05, 0.1) is 12.6 Å². The number of pyridine rings is 1. The summed E-state index contributed by atoms with van der Waals surface area (Å²) >= 11 is 0. The van der Waals surface area contributed by atoms with Crippen LogP contribution in [0.3, 0.4) is 0 Å². The average Bonchev–Trinajstić information content (AvgIpc) is 2.61. The van der Waals surface area contributed by atoms with Crippen molar-refractivity contribution in [3.05, 3.63) is 65.0 Å². The van der Waals surface area contributed by atoms with Crippen LogP contribution in [0.2, 0.25) is 0 Å². The second-order valence-electron chi connectivity index (χ2n) is 5.86. The number of benzene rings is 1. The highest BCUT2D eigenvalue weighted by atomic mass is 16.5. The van der Waals surface area contributed by atoms with Crippen LogP contribution in [-0.2, 0) is 20.7 Å². The van der Waals surface area contributed by atoms with E-state index in [1.54, 1.807) is 24.2 Å². The van der Waals surface area contributed by atoms with Crippen molar-refractivity contribution in [2.24, 2.45) is 0 Å². The molecular formula is C19H20N2O3. The molecule has 0 fully saturated rings. The molecule has 1 atom stereocenters. The summed E-state index contributed by atoms with van der Waals surface area (Å²) in [6.07, 6.45) is 4.16. The van der Waals surface area contributed by atoms with Gasteiger partial charge < -0.3 is 9.64 Å². The first kappa shape index (κ1) is 16.2. The lowest BCUT2D eigenvalue weighted by atomic mass is 9.87. The average molecular weight is 324 g/mol. The van der Waals surface area contributed by atoms with Crippen LogP contribution in [0.25, 0.3) is 0 Å². The number of hydrogen-bond donors (Lipinski definition) is 0. The molecule has 1 amide bonds. The van der Waals surface area contributed by atoms with Crippen molar-refractivity contribution < 1.29 is 14.3 Å². The first-order valence-electron chi connectivity index (χ1n) is 8.09. The van der Waals surface area contributed by atoms with Gasteiger partial charge in [-0.2, -0.15) is 0 Å². The van der Waals surface area contributed by atoms with Gasteiger partial charge in [0.2, 0.25) is 0 Å². The summed E-state index contributed by atoms with van der Waals surface area (Å²) in [6, 6.07) is 9.65. The quantitative estimate of drug-likeness (QED) is 0.629. The monoisotopic (exact) mass is 324 g/mol. The minimum Gasteiger partial charge on any atom is -0.459 e. The molecular weight excluding hydrogens is 304 g/mol. The Kier molecular flexibility index (Phi) is 4.60. The lowest BCUT2D eigenvalue weighted by Crippen LogP contribution is -2.44. The van der Waals surface area contributed by atoms with Crippen LogP contribution in [0.15, 0.2) is 42.7 Å². The van der Waals surface area contributed by atoms with Gasteiger partial charge in [-0.15, -0.1) is 0 Å². The van der Waals surface area contributed by atoms with Gasteiger partial charge in [0.1, 0.15) is 0 Å². The summed E-state index contributed by atoms with van der Waals surface area (Å²) in [6.45, 7) is 4.41. The van der Waals surface area contributed by atoms with Crippen molar-refractivity contribution >= 4 is 11.9 Å². The van der Waals surface area contributed by atoms with Crippen molar-refractivity contribution in [3.63, 3.8) is 0 Å². The zero-order valence-corrected chi connectivity index (χ0v) is 13.9. The smallest absolute Gasteiger partial charge is 0.397 e. The highest BCUT2D eigenvalue weighted by molar-refractivity contribution is 6.32. The summed E-state index contributed by atoms with van der Waals surface area (Å²) in [5, 5.41) is 0. The van der Waals surface area contributed by atoms with Gasteiger partial charge in [-0.1, -0.05) is 29.8 Å². The predicted octanol–water partition coefficient (Wildman–Crippen LogP) is 2.43. The standard InChI is InChI=1S/C19H20N2O3/c1-3-24-19(23)18(22)21-10-8-14-11-13(2)6-7-16(14)17(21)15-5-4-9-20-12-15/h4-7,9,11-12,17H,3,8,10H2,1-2H3. The summed E-state index contributed by atoms with van der Waals surface area (Å²) in [5.74, 6) is -1.40. The van der Waals surface area contributed by atoms with Crippen molar-refractivity contribution in [1.82, 2.24) is 9.88 Å². The maximum Gasteiger partial charge on any atom is 0.397 e. The number of rotatable bonds is 2. The highest BCUT2D eigenvalue weighted by Crippen LogP contribution is 2.35. The first-order chi connectivity index (χ1) is 11.6. The number of nitrogens with zero attached hydrogens (tertiary/aromatic N) is 2. The predicted molar refractivity (Wildman–Crippen MR) is 89.3 cm³/mol. The highest BCUT2D eigenvalue weighted by Gasteiger charge is 2.35. The molecule has 124 valence electrons. The van der Waals surface area contributed by atoms with Crippen LogP contribution in [0, 0.1) is 6.92 Å². The van der Waals surface area contributed by atoms with Crippen molar-refractivity contribution in [1.29, 1.82) is 0 Å². The number of esters is 1. The SMILES string of the molecule is CCOC(=O)C(=O)N1CCc2cc(C)ccc2C1c1cccnc1. The number of aryl methyl sites for hydroxylation is 1. The molecule has 0 saturated carbocycles. The summed E-state index contributed by atoms with van der Waals surface area (Å²) in [7, 11) is 0. The van der Waals surface area contributed by atoms with Gasteiger partial charge in [-0.25, -0.2) is 4.79 Å². The van der Waals surface area contributed by atoms with E-state index in [9.17, 15) is 9.59 Å². The molecule has 3 rings (SSSR count). The molecule has 0 N–H and O–H groups in total. The molecule has 0 radical (unpaired) electrons. The van der Waals surface area contributed by atoms with E-state index in [1.807, 2.05) is 24.3 Å². The largest absolute Gasteiger partial charge is 0.459 e.